The van der Waals surface area contributed by atoms with Crippen molar-refractivity contribution in [1.29, 1.82) is 0 Å². The normalized spacial score (nSPS) is 10.8. The molecule has 0 bridgehead atoms. The van der Waals surface area contributed by atoms with Gasteiger partial charge in [-0.2, -0.15) is 0 Å². The summed E-state index contributed by atoms with van der Waals surface area (Å²) in [5.74, 6) is 0.461. The lowest BCUT2D eigenvalue weighted by Gasteiger charge is -2.05. The SMILES string of the molecule is COc1ccc(CNC(=O)c2cc3c(=O)n(C)c(=O)n(C)c3s2)cc1. The van der Waals surface area contributed by atoms with Crippen LogP contribution in [0.25, 0.3) is 10.2 Å². The van der Waals surface area contributed by atoms with Crippen LogP contribution in [0, 0.1) is 0 Å². The Morgan fingerprint density at radius 1 is 1.16 bits per heavy atom. The van der Waals surface area contributed by atoms with Crippen molar-refractivity contribution in [3.63, 3.8) is 0 Å². The highest BCUT2D eigenvalue weighted by Gasteiger charge is 2.16. The lowest BCUT2D eigenvalue weighted by Crippen LogP contribution is -2.36. The van der Waals surface area contributed by atoms with Gasteiger partial charge in [0.1, 0.15) is 10.6 Å². The van der Waals surface area contributed by atoms with Gasteiger partial charge in [0.05, 0.1) is 17.4 Å². The molecule has 0 aliphatic rings. The van der Waals surface area contributed by atoms with Gasteiger partial charge in [-0.25, -0.2) is 4.79 Å². The number of thiophene rings is 1. The van der Waals surface area contributed by atoms with Gasteiger partial charge in [-0.3, -0.25) is 18.7 Å². The number of nitrogens with one attached hydrogen (secondary N) is 1. The predicted molar refractivity (Wildman–Crippen MR) is 96.5 cm³/mol. The number of hydrogen-bond acceptors (Lipinski definition) is 5. The Bertz CT molecular complexity index is 1060. The van der Waals surface area contributed by atoms with Crippen LogP contribution in [-0.2, 0) is 20.6 Å². The largest absolute Gasteiger partial charge is 0.497 e. The molecule has 0 aliphatic heterocycles. The number of nitrogens with zero attached hydrogens (tertiary/aromatic N) is 2. The average molecular weight is 359 g/mol. The molecule has 130 valence electrons. The molecular weight excluding hydrogens is 342 g/mol. The second kappa shape index (κ2) is 6.56. The summed E-state index contributed by atoms with van der Waals surface area (Å²) in [4.78, 5) is 37.4. The van der Waals surface area contributed by atoms with Crippen LogP contribution >= 0.6 is 11.3 Å². The molecule has 0 unspecified atom stereocenters. The zero-order valence-corrected chi connectivity index (χ0v) is 14.8. The molecule has 3 aromatic rings. The van der Waals surface area contributed by atoms with Crippen molar-refractivity contribution in [3.8, 4) is 5.75 Å². The fraction of sp³-hybridized carbons (Fsp3) is 0.235. The maximum atomic E-state index is 12.4. The number of methoxy groups -OCH3 is 1. The first kappa shape index (κ1) is 17.0. The van der Waals surface area contributed by atoms with Gasteiger partial charge in [-0.1, -0.05) is 12.1 Å². The molecule has 0 saturated carbocycles. The highest BCUT2D eigenvalue weighted by molar-refractivity contribution is 7.20. The van der Waals surface area contributed by atoms with E-state index in [2.05, 4.69) is 5.32 Å². The van der Waals surface area contributed by atoms with E-state index in [1.807, 2.05) is 24.3 Å². The van der Waals surface area contributed by atoms with Crippen LogP contribution in [0.5, 0.6) is 5.75 Å². The predicted octanol–water partition coefficient (Wildman–Crippen LogP) is 1.24. The van der Waals surface area contributed by atoms with Crippen molar-refractivity contribution in [2.75, 3.05) is 7.11 Å². The minimum atomic E-state index is -0.412. The molecule has 0 radical (unpaired) electrons. The second-order valence-electron chi connectivity index (χ2n) is 5.57. The van der Waals surface area contributed by atoms with Gasteiger partial charge in [0, 0.05) is 20.6 Å². The third-order valence-corrected chi connectivity index (χ3v) is 5.17. The summed E-state index contributed by atoms with van der Waals surface area (Å²) >= 11 is 1.13. The van der Waals surface area contributed by atoms with E-state index >= 15 is 0 Å². The summed E-state index contributed by atoms with van der Waals surface area (Å²) in [7, 11) is 4.60. The Hall–Kier alpha value is -2.87. The van der Waals surface area contributed by atoms with Crippen molar-refractivity contribution < 1.29 is 9.53 Å². The summed E-state index contributed by atoms with van der Waals surface area (Å²) in [6.45, 7) is 0.355. The van der Waals surface area contributed by atoms with Crippen molar-refractivity contribution in [2.24, 2.45) is 14.1 Å². The molecule has 1 N–H and O–H groups in total. The van der Waals surface area contributed by atoms with E-state index in [1.54, 1.807) is 14.2 Å². The van der Waals surface area contributed by atoms with Crippen LogP contribution in [0.4, 0.5) is 0 Å². The van der Waals surface area contributed by atoms with Crippen molar-refractivity contribution in [2.45, 2.75) is 6.54 Å². The van der Waals surface area contributed by atoms with Gasteiger partial charge in [0.15, 0.2) is 0 Å². The molecule has 2 heterocycles. The van der Waals surface area contributed by atoms with Crippen LogP contribution in [0.2, 0.25) is 0 Å². The Morgan fingerprint density at radius 2 is 1.84 bits per heavy atom. The molecule has 0 saturated heterocycles. The van der Waals surface area contributed by atoms with Gasteiger partial charge in [0.25, 0.3) is 11.5 Å². The van der Waals surface area contributed by atoms with Crippen molar-refractivity contribution in [1.82, 2.24) is 14.5 Å². The van der Waals surface area contributed by atoms with Crippen LogP contribution in [0.1, 0.15) is 15.2 Å². The van der Waals surface area contributed by atoms with Crippen LogP contribution in [-0.4, -0.2) is 22.2 Å². The number of carbonyl (C=O) groups is 1. The van der Waals surface area contributed by atoms with Gasteiger partial charge in [-0.05, 0) is 23.8 Å². The molecule has 7 nitrogen and oxygen atoms in total. The molecule has 2 aromatic heterocycles. The number of amides is 1. The number of carbonyl (C=O) groups excluding carboxylic acids is 1. The number of ether oxygens (including phenoxy) is 1. The maximum Gasteiger partial charge on any atom is 0.331 e. The smallest absolute Gasteiger partial charge is 0.331 e. The fourth-order valence-electron chi connectivity index (χ4n) is 2.49. The molecule has 1 amide bonds. The molecule has 0 aliphatic carbocycles. The molecule has 25 heavy (non-hydrogen) atoms. The fourth-order valence-corrected chi connectivity index (χ4v) is 3.51. The molecular formula is C17H17N3O4S. The topological polar surface area (TPSA) is 82.3 Å². The highest BCUT2D eigenvalue weighted by atomic mass is 32.1. The quantitative estimate of drug-likeness (QED) is 0.760. The third-order valence-electron chi connectivity index (χ3n) is 3.96. The zero-order valence-electron chi connectivity index (χ0n) is 14.0. The summed E-state index contributed by atoms with van der Waals surface area (Å²) in [6.07, 6.45) is 0. The Balaban J connectivity index is 1.85. The van der Waals surface area contributed by atoms with Crippen molar-refractivity contribution >= 4 is 27.5 Å². The molecule has 8 heteroatoms. The number of aromatic nitrogens is 2. The number of hydrogen-bond donors (Lipinski definition) is 1. The average Bonchev–Trinajstić information content (AvgIpc) is 3.09. The van der Waals surface area contributed by atoms with Crippen LogP contribution < -0.4 is 21.3 Å². The summed E-state index contributed by atoms with van der Waals surface area (Å²) in [5, 5.41) is 3.18. The van der Waals surface area contributed by atoms with E-state index in [1.165, 1.54) is 17.7 Å². The number of fused-ring (bicyclic) bond motifs is 1. The van der Waals surface area contributed by atoms with E-state index in [-0.39, 0.29) is 5.91 Å². The molecule has 3 rings (SSSR count). The monoisotopic (exact) mass is 359 g/mol. The first-order valence-electron chi connectivity index (χ1n) is 7.53. The molecule has 0 atom stereocenters. The minimum absolute atomic E-state index is 0.286. The summed E-state index contributed by atoms with van der Waals surface area (Å²) < 4.78 is 7.51. The zero-order chi connectivity index (χ0) is 18.1. The number of benzene rings is 1. The standard InChI is InChI=1S/C17H17N3O4S/c1-19-15(22)12-8-13(25-16(12)20(2)17(19)23)14(21)18-9-10-4-6-11(24-3)7-5-10/h4-8H,9H2,1-3H3,(H,18,21). The lowest BCUT2D eigenvalue weighted by molar-refractivity contribution is 0.0955. The molecule has 1 aromatic carbocycles. The van der Waals surface area contributed by atoms with Gasteiger partial charge < -0.3 is 10.1 Å². The van der Waals surface area contributed by atoms with Crippen LogP contribution in [0.3, 0.4) is 0 Å². The second-order valence-corrected chi connectivity index (χ2v) is 6.60. The lowest BCUT2D eigenvalue weighted by atomic mass is 10.2. The third kappa shape index (κ3) is 3.08. The Morgan fingerprint density at radius 3 is 2.48 bits per heavy atom. The first-order valence-corrected chi connectivity index (χ1v) is 8.34. The maximum absolute atomic E-state index is 12.4. The minimum Gasteiger partial charge on any atom is -0.497 e. The first-order chi connectivity index (χ1) is 11.9. The Labute approximate surface area is 147 Å². The van der Waals surface area contributed by atoms with Gasteiger partial charge in [-0.15, -0.1) is 11.3 Å². The van der Waals surface area contributed by atoms with E-state index in [9.17, 15) is 14.4 Å². The number of aryl methyl sites for hydroxylation is 1. The molecule has 0 fully saturated rings. The van der Waals surface area contributed by atoms with E-state index in [0.29, 0.717) is 21.6 Å². The van der Waals surface area contributed by atoms with Gasteiger partial charge >= 0.3 is 5.69 Å². The number of rotatable bonds is 4. The van der Waals surface area contributed by atoms with Crippen molar-refractivity contribution in [3.05, 3.63) is 61.6 Å². The van der Waals surface area contributed by atoms with E-state index in [4.69, 9.17) is 4.74 Å². The van der Waals surface area contributed by atoms with E-state index in [0.717, 1.165) is 27.2 Å². The summed E-state index contributed by atoms with van der Waals surface area (Å²) in [6, 6.07) is 8.90. The van der Waals surface area contributed by atoms with E-state index < -0.39 is 11.2 Å². The van der Waals surface area contributed by atoms with Gasteiger partial charge in [0.2, 0.25) is 0 Å². The Kier molecular flexibility index (Phi) is 4.45. The molecule has 0 spiro atoms. The highest BCUT2D eigenvalue weighted by Crippen LogP contribution is 2.21. The summed E-state index contributed by atoms with van der Waals surface area (Å²) in [5.41, 5.74) is 0.117. The van der Waals surface area contributed by atoms with Crippen LogP contribution in [0.15, 0.2) is 39.9 Å².